The predicted molar refractivity (Wildman–Crippen MR) is 62.3 cm³/mol. The number of hydrogen-bond donors (Lipinski definition) is 1. The average Bonchev–Trinajstić information content (AvgIpc) is 2.53. The Hall–Kier alpha value is -0.480. The van der Waals surface area contributed by atoms with Crippen molar-refractivity contribution in [1.82, 2.24) is 9.55 Å². The van der Waals surface area contributed by atoms with Crippen LogP contribution in [0.3, 0.4) is 0 Å². The van der Waals surface area contributed by atoms with E-state index in [2.05, 4.69) is 16.5 Å². The summed E-state index contributed by atoms with van der Waals surface area (Å²) >= 11 is 1.87. The van der Waals surface area contributed by atoms with Crippen LogP contribution in [0.5, 0.6) is 0 Å². The molecule has 14 heavy (non-hydrogen) atoms. The van der Waals surface area contributed by atoms with Gasteiger partial charge in [0, 0.05) is 36.0 Å². The van der Waals surface area contributed by atoms with Crippen LogP contribution in [0, 0.1) is 0 Å². The van der Waals surface area contributed by atoms with Gasteiger partial charge in [0.05, 0.1) is 6.33 Å². The lowest BCUT2D eigenvalue weighted by atomic mass is 10.4. The zero-order valence-corrected chi connectivity index (χ0v) is 9.76. The van der Waals surface area contributed by atoms with Gasteiger partial charge in [0.25, 0.3) is 0 Å². The Morgan fingerprint density at radius 1 is 1.64 bits per heavy atom. The van der Waals surface area contributed by atoms with E-state index in [-0.39, 0.29) is 6.04 Å². The fourth-order valence-corrected chi connectivity index (χ4v) is 2.20. The summed E-state index contributed by atoms with van der Waals surface area (Å²) < 4.78 is 2.22. The summed E-state index contributed by atoms with van der Waals surface area (Å²) in [6, 6.07) is 0.280. The van der Waals surface area contributed by atoms with Crippen LogP contribution < -0.4 is 5.73 Å². The van der Waals surface area contributed by atoms with Gasteiger partial charge in [0.2, 0.25) is 0 Å². The Kier molecular flexibility index (Phi) is 5.04. The SMILES string of the molecule is CCCn1cncc1CSCC(C)N. The van der Waals surface area contributed by atoms with Gasteiger partial charge in [-0.05, 0) is 13.3 Å². The molecule has 0 saturated carbocycles. The molecule has 1 aromatic heterocycles. The quantitative estimate of drug-likeness (QED) is 0.784. The number of nitrogens with zero attached hydrogens (tertiary/aromatic N) is 2. The molecular weight excluding hydrogens is 194 g/mol. The molecule has 80 valence electrons. The summed E-state index contributed by atoms with van der Waals surface area (Å²) in [6.45, 7) is 5.28. The highest BCUT2D eigenvalue weighted by Crippen LogP contribution is 2.12. The van der Waals surface area contributed by atoms with E-state index in [4.69, 9.17) is 5.73 Å². The van der Waals surface area contributed by atoms with E-state index in [1.54, 1.807) is 0 Å². The van der Waals surface area contributed by atoms with E-state index >= 15 is 0 Å². The van der Waals surface area contributed by atoms with Crippen LogP contribution in [0.2, 0.25) is 0 Å². The average molecular weight is 213 g/mol. The van der Waals surface area contributed by atoms with Crippen LogP contribution in [0.25, 0.3) is 0 Å². The van der Waals surface area contributed by atoms with Gasteiger partial charge in [-0.15, -0.1) is 0 Å². The summed E-state index contributed by atoms with van der Waals surface area (Å²) in [5.74, 6) is 2.03. The number of hydrogen-bond acceptors (Lipinski definition) is 3. The number of aryl methyl sites for hydroxylation is 1. The first-order valence-electron chi connectivity index (χ1n) is 5.06. The molecule has 1 aromatic rings. The highest BCUT2D eigenvalue weighted by Gasteiger charge is 2.02. The van der Waals surface area contributed by atoms with Crippen molar-refractivity contribution < 1.29 is 0 Å². The molecule has 0 radical (unpaired) electrons. The van der Waals surface area contributed by atoms with E-state index in [0.29, 0.717) is 0 Å². The van der Waals surface area contributed by atoms with E-state index in [9.17, 15) is 0 Å². The Labute approximate surface area is 90.1 Å². The summed E-state index contributed by atoms with van der Waals surface area (Å²) in [5.41, 5.74) is 6.99. The monoisotopic (exact) mass is 213 g/mol. The van der Waals surface area contributed by atoms with Crippen LogP contribution >= 0.6 is 11.8 Å². The predicted octanol–water partition coefficient (Wildman–Crippen LogP) is 1.87. The van der Waals surface area contributed by atoms with Crippen molar-refractivity contribution in [2.75, 3.05) is 5.75 Å². The van der Waals surface area contributed by atoms with E-state index in [1.165, 1.54) is 5.69 Å². The Morgan fingerprint density at radius 2 is 2.43 bits per heavy atom. The van der Waals surface area contributed by atoms with Crippen LogP contribution in [-0.2, 0) is 12.3 Å². The summed E-state index contributed by atoms with van der Waals surface area (Å²) in [6.07, 6.45) is 5.01. The van der Waals surface area contributed by atoms with Crippen molar-refractivity contribution in [1.29, 1.82) is 0 Å². The lowest BCUT2D eigenvalue weighted by Crippen LogP contribution is -2.17. The highest BCUT2D eigenvalue weighted by atomic mass is 32.2. The van der Waals surface area contributed by atoms with E-state index in [0.717, 1.165) is 24.5 Å². The molecule has 1 heterocycles. The normalized spacial score (nSPS) is 13.1. The zero-order chi connectivity index (χ0) is 10.4. The van der Waals surface area contributed by atoms with Gasteiger partial charge < -0.3 is 10.3 Å². The van der Waals surface area contributed by atoms with Crippen LogP contribution in [0.1, 0.15) is 26.0 Å². The van der Waals surface area contributed by atoms with Crippen molar-refractivity contribution >= 4 is 11.8 Å². The molecule has 0 aromatic carbocycles. The third kappa shape index (κ3) is 3.72. The molecule has 1 rings (SSSR count). The van der Waals surface area contributed by atoms with Gasteiger partial charge in [0.15, 0.2) is 0 Å². The standard InChI is InChI=1S/C10H19N3S/c1-3-4-13-8-12-5-10(13)7-14-6-9(2)11/h5,8-9H,3-4,6-7,11H2,1-2H3. The van der Waals surface area contributed by atoms with E-state index < -0.39 is 0 Å². The Balaban J connectivity index is 2.37. The first kappa shape index (κ1) is 11.6. The van der Waals surface area contributed by atoms with Crippen molar-refractivity contribution in [3.63, 3.8) is 0 Å². The highest BCUT2D eigenvalue weighted by molar-refractivity contribution is 7.98. The molecule has 1 atom stereocenters. The molecule has 2 N–H and O–H groups in total. The van der Waals surface area contributed by atoms with Crippen LogP contribution in [0.4, 0.5) is 0 Å². The third-order valence-electron chi connectivity index (χ3n) is 1.89. The molecule has 0 aliphatic carbocycles. The molecule has 0 aliphatic heterocycles. The first-order chi connectivity index (χ1) is 6.74. The van der Waals surface area contributed by atoms with Crippen molar-refractivity contribution in [3.05, 3.63) is 18.2 Å². The molecule has 0 aliphatic rings. The van der Waals surface area contributed by atoms with Crippen molar-refractivity contribution in [2.45, 2.75) is 38.6 Å². The topological polar surface area (TPSA) is 43.8 Å². The van der Waals surface area contributed by atoms with Crippen LogP contribution in [-0.4, -0.2) is 21.3 Å². The van der Waals surface area contributed by atoms with Gasteiger partial charge in [-0.3, -0.25) is 0 Å². The third-order valence-corrected chi connectivity index (χ3v) is 3.16. The number of rotatable bonds is 6. The maximum Gasteiger partial charge on any atom is 0.0948 e. The molecule has 1 unspecified atom stereocenters. The van der Waals surface area contributed by atoms with Gasteiger partial charge in [-0.25, -0.2) is 4.98 Å². The fourth-order valence-electron chi connectivity index (χ4n) is 1.26. The smallest absolute Gasteiger partial charge is 0.0948 e. The van der Waals surface area contributed by atoms with Crippen LogP contribution in [0.15, 0.2) is 12.5 Å². The van der Waals surface area contributed by atoms with Gasteiger partial charge in [-0.2, -0.15) is 11.8 Å². The number of aromatic nitrogens is 2. The van der Waals surface area contributed by atoms with Gasteiger partial charge >= 0.3 is 0 Å². The maximum absolute atomic E-state index is 5.69. The largest absolute Gasteiger partial charge is 0.334 e. The fraction of sp³-hybridized carbons (Fsp3) is 0.700. The maximum atomic E-state index is 5.69. The molecule has 0 amide bonds. The Morgan fingerprint density at radius 3 is 3.07 bits per heavy atom. The minimum atomic E-state index is 0.280. The molecule has 0 fully saturated rings. The molecule has 3 nitrogen and oxygen atoms in total. The first-order valence-corrected chi connectivity index (χ1v) is 6.21. The minimum absolute atomic E-state index is 0.280. The number of thioether (sulfide) groups is 1. The lowest BCUT2D eigenvalue weighted by Gasteiger charge is -2.07. The molecule has 0 spiro atoms. The lowest BCUT2D eigenvalue weighted by molar-refractivity contribution is 0.659. The van der Waals surface area contributed by atoms with Gasteiger partial charge in [-0.1, -0.05) is 6.92 Å². The van der Waals surface area contributed by atoms with E-state index in [1.807, 2.05) is 31.2 Å². The Bertz CT molecular complexity index is 258. The summed E-state index contributed by atoms with van der Waals surface area (Å²) in [5, 5.41) is 0. The molecule has 4 heteroatoms. The van der Waals surface area contributed by atoms with Crippen molar-refractivity contribution in [3.8, 4) is 0 Å². The van der Waals surface area contributed by atoms with Crippen molar-refractivity contribution in [2.24, 2.45) is 5.73 Å². The molecule has 0 saturated heterocycles. The molecule has 0 bridgehead atoms. The second-order valence-electron chi connectivity index (χ2n) is 3.57. The number of imidazole rings is 1. The van der Waals surface area contributed by atoms with Gasteiger partial charge in [0.1, 0.15) is 0 Å². The summed E-state index contributed by atoms with van der Waals surface area (Å²) in [7, 11) is 0. The summed E-state index contributed by atoms with van der Waals surface area (Å²) in [4.78, 5) is 4.16. The second-order valence-corrected chi connectivity index (χ2v) is 4.60. The molecular formula is C10H19N3S. The zero-order valence-electron chi connectivity index (χ0n) is 8.94. The minimum Gasteiger partial charge on any atom is -0.334 e. The number of nitrogens with two attached hydrogens (primary N) is 1. The second kappa shape index (κ2) is 6.09.